The zero-order valence-electron chi connectivity index (χ0n) is 12.5. The minimum atomic E-state index is -0.399. The van der Waals surface area contributed by atoms with E-state index >= 15 is 0 Å². The van der Waals surface area contributed by atoms with Gasteiger partial charge < -0.3 is 5.32 Å². The molecule has 1 amide bonds. The van der Waals surface area contributed by atoms with Crippen LogP contribution in [0, 0.1) is 5.82 Å². The highest BCUT2D eigenvalue weighted by molar-refractivity contribution is 6.31. The van der Waals surface area contributed by atoms with Gasteiger partial charge in [-0.3, -0.25) is 4.79 Å². The number of rotatable bonds is 2. The third-order valence-corrected chi connectivity index (χ3v) is 4.49. The van der Waals surface area contributed by atoms with E-state index < -0.39 is 5.82 Å². The van der Waals surface area contributed by atoms with Crippen molar-refractivity contribution in [1.29, 1.82) is 0 Å². The van der Waals surface area contributed by atoms with Gasteiger partial charge in [-0.2, -0.15) is 5.10 Å². The molecule has 1 aliphatic heterocycles. The molecule has 0 aliphatic carbocycles. The van der Waals surface area contributed by atoms with Gasteiger partial charge in [-0.25, -0.2) is 9.07 Å². The monoisotopic (exact) mass is 341 g/mol. The van der Waals surface area contributed by atoms with Crippen molar-refractivity contribution >= 4 is 23.3 Å². The Hall–Kier alpha value is -2.66. The van der Waals surface area contributed by atoms with E-state index in [9.17, 15) is 9.18 Å². The summed E-state index contributed by atoms with van der Waals surface area (Å²) in [7, 11) is 0. The first kappa shape index (κ1) is 14.9. The maximum atomic E-state index is 13.3. The molecule has 0 saturated heterocycles. The molecule has 0 fully saturated rings. The molecule has 0 spiro atoms. The summed E-state index contributed by atoms with van der Waals surface area (Å²) in [5, 5.41) is 7.61. The number of carbonyl (C=O) groups excluding carboxylic acids is 1. The smallest absolute Gasteiger partial charge is 0.226 e. The van der Waals surface area contributed by atoms with Gasteiger partial charge in [-0.15, -0.1) is 0 Å². The molecule has 120 valence electrons. The van der Waals surface area contributed by atoms with Crippen LogP contribution >= 0.6 is 11.6 Å². The standard InChI is InChI=1S/C18H13ClFN3O/c19-16-8-11(20)6-7-13(16)14-9-17(24)22-18-15(14)10-21-23(18)12-4-2-1-3-5-12/h1-8,10,14H,9H2,(H,22,24). The zero-order chi connectivity index (χ0) is 16.7. The number of nitrogens with zero attached hydrogens (tertiary/aromatic N) is 2. The number of halogens is 2. The second-order valence-corrected chi connectivity index (χ2v) is 6.07. The Bertz CT molecular complexity index is 923. The van der Waals surface area contributed by atoms with Crippen LogP contribution in [0.4, 0.5) is 10.2 Å². The molecule has 1 N–H and O–H groups in total. The summed E-state index contributed by atoms with van der Waals surface area (Å²) in [5.74, 6) is -0.142. The first-order valence-electron chi connectivity index (χ1n) is 7.51. The molecule has 6 heteroatoms. The van der Waals surface area contributed by atoms with Crippen molar-refractivity contribution < 1.29 is 9.18 Å². The predicted molar refractivity (Wildman–Crippen MR) is 90.1 cm³/mol. The molecular weight excluding hydrogens is 329 g/mol. The third-order valence-electron chi connectivity index (χ3n) is 4.16. The van der Waals surface area contributed by atoms with Gasteiger partial charge in [0.25, 0.3) is 0 Å². The number of anilines is 1. The molecule has 4 rings (SSSR count). The van der Waals surface area contributed by atoms with Crippen molar-refractivity contribution in [3.8, 4) is 5.69 Å². The van der Waals surface area contributed by atoms with Gasteiger partial charge in [-0.05, 0) is 29.8 Å². The first-order chi connectivity index (χ1) is 11.6. The van der Waals surface area contributed by atoms with E-state index in [2.05, 4.69) is 10.4 Å². The van der Waals surface area contributed by atoms with Crippen LogP contribution in [0.2, 0.25) is 5.02 Å². The Labute approximate surface area is 142 Å². The lowest BCUT2D eigenvalue weighted by atomic mass is 9.87. The normalized spacial score (nSPS) is 16.6. The number of carbonyl (C=O) groups is 1. The molecule has 1 unspecified atom stereocenters. The number of para-hydroxylation sites is 1. The van der Waals surface area contributed by atoms with E-state index in [0.29, 0.717) is 10.8 Å². The molecule has 0 radical (unpaired) electrons. The molecule has 2 aromatic carbocycles. The Kier molecular flexibility index (Phi) is 3.58. The lowest BCUT2D eigenvalue weighted by molar-refractivity contribution is -0.116. The van der Waals surface area contributed by atoms with Gasteiger partial charge >= 0.3 is 0 Å². The lowest BCUT2D eigenvalue weighted by Crippen LogP contribution is -2.24. The molecule has 3 aromatic rings. The van der Waals surface area contributed by atoms with Crippen molar-refractivity contribution in [2.75, 3.05) is 5.32 Å². The molecule has 0 bridgehead atoms. The highest BCUT2D eigenvalue weighted by Gasteiger charge is 2.31. The Morgan fingerprint density at radius 1 is 1.17 bits per heavy atom. The molecule has 2 heterocycles. The fourth-order valence-corrected chi connectivity index (χ4v) is 3.35. The topological polar surface area (TPSA) is 46.9 Å². The predicted octanol–water partition coefficient (Wildman–Crippen LogP) is 4.14. The van der Waals surface area contributed by atoms with Crippen LogP contribution in [-0.2, 0) is 4.79 Å². The summed E-state index contributed by atoms with van der Waals surface area (Å²) in [6.07, 6.45) is 1.98. The molecule has 0 saturated carbocycles. The minimum absolute atomic E-state index is 0.120. The number of nitrogens with one attached hydrogen (secondary N) is 1. The van der Waals surface area contributed by atoms with E-state index in [-0.39, 0.29) is 18.2 Å². The number of hydrogen-bond donors (Lipinski definition) is 1. The van der Waals surface area contributed by atoms with Crippen LogP contribution in [-0.4, -0.2) is 15.7 Å². The van der Waals surface area contributed by atoms with Crippen LogP contribution < -0.4 is 5.32 Å². The van der Waals surface area contributed by atoms with Gasteiger partial charge in [0.1, 0.15) is 11.6 Å². The van der Waals surface area contributed by atoms with E-state index in [0.717, 1.165) is 16.8 Å². The van der Waals surface area contributed by atoms with E-state index in [1.165, 1.54) is 12.1 Å². The number of hydrogen-bond acceptors (Lipinski definition) is 2. The van der Waals surface area contributed by atoms with Gasteiger partial charge in [0.2, 0.25) is 5.91 Å². The average molecular weight is 342 g/mol. The maximum absolute atomic E-state index is 13.3. The fraction of sp³-hybridized carbons (Fsp3) is 0.111. The van der Waals surface area contributed by atoms with Gasteiger partial charge in [0.05, 0.1) is 11.9 Å². The SMILES string of the molecule is O=C1CC(c2ccc(F)cc2Cl)c2cnn(-c3ccccc3)c2N1. The Morgan fingerprint density at radius 3 is 2.71 bits per heavy atom. The molecule has 4 nitrogen and oxygen atoms in total. The highest BCUT2D eigenvalue weighted by Crippen LogP contribution is 2.40. The highest BCUT2D eigenvalue weighted by atomic mass is 35.5. The van der Waals surface area contributed by atoms with Crippen molar-refractivity contribution in [3.63, 3.8) is 0 Å². The van der Waals surface area contributed by atoms with Crippen LogP contribution in [0.1, 0.15) is 23.5 Å². The van der Waals surface area contributed by atoms with Crippen LogP contribution in [0.5, 0.6) is 0 Å². The summed E-state index contributed by atoms with van der Waals surface area (Å²) in [6, 6.07) is 13.8. The van der Waals surface area contributed by atoms with Crippen LogP contribution in [0.15, 0.2) is 54.7 Å². The Balaban J connectivity index is 1.84. The summed E-state index contributed by atoms with van der Waals surface area (Å²) in [5.41, 5.74) is 2.44. The lowest BCUT2D eigenvalue weighted by Gasteiger charge is -2.24. The second kappa shape index (κ2) is 5.76. The quantitative estimate of drug-likeness (QED) is 0.761. The summed E-state index contributed by atoms with van der Waals surface area (Å²) in [6.45, 7) is 0. The molecular formula is C18H13ClFN3O. The van der Waals surface area contributed by atoms with Crippen molar-refractivity contribution in [2.24, 2.45) is 0 Å². The summed E-state index contributed by atoms with van der Waals surface area (Å²) in [4.78, 5) is 12.2. The van der Waals surface area contributed by atoms with E-state index in [1.807, 2.05) is 30.3 Å². The first-order valence-corrected chi connectivity index (χ1v) is 7.89. The van der Waals surface area contributed by atoms with Crippen LogP contribution in [0.25, 0.3) is 5.69 Å². The fourth-order valence-electron chi connectivity index (χ4n) is 3.05. The zero-order valence-corrected chi connectivity index (χ0v) is 13.3. The number of amides is 1. The van der Waals surface area contributed by atoms with E-state index in [1.54, 1.807) is 16.9 Å². The van der Waals surface area contributed by atoms with Crippen molar-refractivity contribution in [2.45, 2.75) is 12.3 Å². The largest absolute Gasteiger partial charge is 0.310 e. The maximum Gasteiger partial charge on any atom is 0.226 e. The molecule has 1 atom stereocenters. The Morgan fingerprint density at radius 2 is 1.96 bits per heavy atom. The van der Waals surface area contributed by atoms with Crippen LogP contribution in [0.3, 0.4) is 0 Å². The van der Waals surface area contributed by atoms with Crippen molar-refractivity contribution in [3.05, 3.63) is 76.7 Å². The van der Waals surface area contributed by atoms with E-state index in [4.69, 9.17) is 11.6 Å². The minimum Gasteiger partial charge on any atom is -0.310 e. The second-order valence-electron chi connectivity index (χ2n) is 5.67. The van der Waals surface area contributed by atoms with Crippen molar-refractivity contribution in [1.82, 2.24) is 9.78 Å². The molecule has 1 aliphatic rings. The van der Waals surface area contributed by atoms with Gasteiger partial charge in [0, 0.05) is 22.9 Å². The van der Waals surface area contributed by atoms with Gasteiger partial charge in [-0.1, -0.05) is 35.9 Å². The molecule has 1 aromatic heterocycles. The van der Waals surface area contributed by atoms with Gasteiger partial charge in [0.15, 0.2) is 0 Å². The third kappa shape index (κ3) is 2.47. The average Bonchev–Trinajstić information content (AvgIpc) is 2.99. The summed E-state index contributed by atoms with van der Waals surface area (Å²) >= 11 is 6.20. The number of benzene rings is 2. The number of aromatic nitrogens is 2. The summed E-state index contributed by atoms with van der Waals surface area (Å²) < 4.78 is 15.0. The number of fused-ring (bicyclic) bond motifs is 1. The molecule has 24 heavy (non-hydrogen) atoms.